The summed E-state index contributed by atoms with van der Waals surface area (Å²) in [5.41, 5.74) is 1.02. The number of thioether (sulfide) groups is 1. The molecular formula is C13H15Cl2NO3S. The van der Waals surface area contributed by atoms with Gasteiger partial charge in [0.15, 0.2) is 0 Å². The zero-order valence-corrected chi connectivity index (χ0v) is 13.2. The van der Waals surface area contributed by atoms with Crippen molar-refractivity contribution >= 4 is 46.8 Å². The normalized spacial score (nSPS) is 11.9. The Hall–Kier alpha value is -0.910. The molecule has 0 fully saturated rings. The lowest BCUT2D eigenvalue weighted by Crippen LogP contribution is -2.39. The summed E-state index contributed by atoms with van der Waals surface area (Å²) in [5.74, 6) is -0.0249. The van der Waals surface area contributed by atoms with E-state index >= 15 is 0 Å². The van der Waals surface area contributed by atoms with Crippen molar-refractivity contribution in [3.05, 3.63) is 33.8 Å². The molecule has 1 atom stereocenters. The number of nitrogens with one attached hydrogen (secondary N) is 1. The van der Waals surface area contributed by atoms with Gasteiger partial charge in [-0.3, -0.25) is 4.79 Å². The Morgan fingerprint density at radius 1 is 1.35 bits per heavy atom. The fourth-order valence-corrected chi connectivity index (χ4v) is 2.81. The van der Waals surface area contributed by atoms with E-state index in [9.17, 15) is 9.59 Å². The van der Waals surface area contributed by atoms with Crippen LogP contribution in [0.25, 0.3) is 0 Å². The second-order valence-corrected chi connectivity index (χ2v) is 6.10. The highest BCUT2D eigenvalue weighted by Crippen LogP contribution is 2.24. The van der Waals surface area contributed by atoms with Crippen LogP contribution in [0, 0.1) is 0 Å². The number of aliphatic carboxylic acids is 1. The number of carbonyl (C=O) groups excluding carboxylic acids is 1. The van der Waals surface area contributed by atoms with Gasteiger partial charge in [0, 0.05) is 12.7 Å². The van der Waals surface area contributed by atoms with Crippen LogP contribution in [0.1, 0.15) is 18.9 Å². The number of hydrogen-bond acceptors (Lipinski definition) is 3. The van der Waals surface area contributed by atoms with Crippen LogP contribution in [-0.2, 0) is 15.3 Å². The van der Waals surface area contributed by atoms with E-state index in [0.29, 0.717) is 28.0 Å². The first-order valence-electron chi connectivity index (χ1n) is 5.91. The summed E-state index contributed by atoms with van der Waals surface area (Å²) in [4.78, 5) is 21.8. The van der Waals surface area contributed by atoms with E-state index in [1.165, 1.54) is 6.92 Å². The number of halogens is 2. The quantitative estimate of drug-likeness (QED) is 0.751. The first-order chi connectivity index (χ1) is 9.40. The SMILES string of the molecule is CC(=O)NC(CCSCc1ccc(Cl)c(Cl)c1)C(=O)O. The van der Waals surface area contributed by atoms with Crippen molar-refractivity contribution < 1.29 is 14.7 Å². The van der Waals surface area contributed by atoms with Crippen LogP contribution in [0.4, 0.5) is 0 Å². The standard InChI is InChI=1S/C13H15Cl2NO3S/c1-8(17)16-12(13(18)19)4-5-20-7-9-2-3-10(14)11(15)6-9/h2-3,6,12H,4-5,7H2,1H3,(H,16,17)(H,18,19). The van der Waals surface area contributed by atoms with E-state index in [0.717, 1.165) is 5.56 Å². The Balaban J connectivity index is 2.37. The maximum Gasteiger partial charge on any atom is 0.326 e. The Kier molecular flexibility index (Phi) is 7.19. The summed E-state index contributed by atoms with van der Waals surface area (Å²) in [6.45, 7) is 1.30. The molecule has 0 aromatic heterocycles. The lowest BCUT2D eigenvalue weighted by molar-refractivity contribution is -0.141. The molecule has 0 bridgehead atoms. The topological polar surface area (TPSA) is 66.4 Å². The minimum atomic E-state index is -1.02. The smallest absolute Gasteiger partial charge is 0.326 e. The van der Waals surface area contributed by atoms with Crippen molar-refractivity contribution in [2.75, 3.05) is 5.75 Å². The van der Waals surface area contributed by atoms with Crippen LogP contribution in [0.2, 0.25) is 10.0 Å². The van der Waals surface area contributed by atoms with Crippen molar-refractivity contribution in [3.63, 3.8) is 0 Å². The number of benzene rings is 1. The average molecular weight is 336 g/mol. The van der Waals surface area contributed by atoms with E-state index in [4.69, 9.17) is 28.3 Å². The molecule has 2 N–H and O–H groups in total. The molecule has 0 radical (unpaired) electrons. The predicted molar refractivity (Wildman–Crippen MR) is 82.5 cm³/mol. The molecule has 1 aromatic rings. The fraction of sp³-hybridized carbons (Fsp3) is 0.385. The highest BCUT2D eigenvalue weighted by molar-refractivity contribution is 7.98. The van der Waals surface area contributed by atoms with Gasteiger partial charge in [-0.2, -0.15) is 11.8 Å². The number of carboxylic acids is 1. The fourth-order valence-electron chi connectivity index (χ4n) is 1.52. The third-order valence-electron chi connectivity index (χ3n) is 2.48. The van der Waals surface area contributed by atoms with Gasteiger partial charge in [0.2, 0.25) is 5.91 Å². The molecule has 4 nitrogen and oxygen atoms in total. The number of rotatable bonds is 7. The molecule has 0 aliphatic carbocycles. The number of amides is 1. The molecule has 0 aliphatic rings. The first-order valence-corrected chi connectivity index (χ1v) is 7.82. The summed E-state index contributed by atoms with van der Waals surface area (Å²) >= 11 is 13.3. The van der Waals surface area contributed by atoms with E-state index in [2.05, 4.69) is 5.32 Å². The van der Waals surface area contributed by atoms with Gasteiger partial charge in [0.25, 0.3) is 0 Å². The molecule has 0 saturated carbocycles. The second-order valence-electron chi connectivity index (χ2n) is 4.18. The van der Waals surface area contributed by atoms with E-state index in [-0.39, 0.29) is 5.91 Å². The van der Waals surface area contributed by atoms with Gasteiger partial charge in [-0.25, -0.2) is 4.79 Å². The lowest BCUT2D eigenvalue weighted by atomic mass is 10.2. The molecule has 1 amide bonds. The van der Waals surface area contributed by atoms with Gasteiger partial charge in [-0.05, 0) is 29.9 Å². The van der Waals surface area contributed by atoms with Crippen molar-refractivity contribution in [2.45, 2.75) is 25.1 Å². The average Bonchev–Trinajstić information content (AvgIpc) is 2.36. The summed E-state index contributed by atoms with van der Waals surface area (Å²) < 4.78 is 0. The van der Waals surface area contributed by atoms with Crippen LogP contribution in [-0.4, -0.2) is 28.8 Å². The molecular weight excluding hydrogens is 321 g/mol. The Labute approximate surface area is 131 Å². The third kappa shape index (κ3) is 6.03. The second kappa shape index (κ2) is 8.39. The predicted octanol–water partition coefficient (Wildman–Crippen LogP) is 3.21. The van der Waals surface area contributed by atoms with Crippen LogP contribution < -0.4 is 5.32 Å². The molecule has 20 heavy (non-hydrogen) atoms. The van der Waals surface area contributed by atoms with Gasteiger partial charge < -0.3 is 10.4 Å². The lowest BCUT2D eigenvalue weighted by Gasteiger charge is -2.12. The molecule has 110 valence electrons. The van der Waals surface area contributed by atoms with Crippen molar-refractivity contribution in [2.24, 2.45) is 0 Å². The van der Waals surface area contributed by atoms with Crippen LogP contribution in [0.5, 0.6) is 0 Å². The summed E-state index contributed by atoms with van der Waals surface area (Å²) in [6.07, 6.45) is 0.376. The molecule has 0 spiro atoms. The monoisotopic (exact) mass is 335 g/mol. The minimum absolute atomic E-state index is 0.341. The molecule has 1 aromatic carbocycles. The van der Waals surface area contributed by atoms with Crippen molar-refractivity contribution in [3.8, 4) is 0 Å². The van der Waals surface area contributed by atoms with Gasteiger partial charge >= 0.3 is 5.97 Å². The largest absolute Gasteiger partial charge is 0.480 e. The van der Waals surface area contributed by atoms with Crippen LogP contribution in [0.15, 0.2) is 18.2 Å². The van der Waals surface area contributed by atoms with Gasteiger partial charge in [-0.15, -0.1) is 0 Å². The third-order valence-corrected chi connectivity index (χ3v) is 4.28. The molecule has 0 saturated heterocycles. The summed E-state index contributed by atoms with van der Waals surface area (Å²) in [5, 5.41) is 12.4. The Bertz CT molecular complexity index is 497. The zero-order chi connectivity index (χ0) is 15.1. The summed E-state index contributed by atoms with van der Waals surface area (Å²) in [7, 11) is 0. The molecule has 7 heteroatoms. The van der Waals surface area contributed by atoms with Crippen LogP contribution >= 0.6 is 35.0 Å². The van der Waals surface area contributed by atoms with Gasteiger partial charge in [-0.1, -0.05) is 29.3 Å². The highest BCUT2D eigenvalue weighted by Gasteiger charge is 2.17. The van der Waals surface area contributed by atoms with Crippen molar-refractivity contribution in [1.29, 1.82) is 0 Å². The van der Waals surface area contributed by atoms with Crippen molar-refractivity contribution in [1.82, 2.24) is 5.32 Å². The maximum absolute atomic E-state index is 10.9. The minimum Gasteiger partial charge on any atom is -0.480 e. The molecule has 1 unspecified atom stereocenters. The molecule has 0 heterocycles. The highest BCUT2D eigenvalue weighted by atomic mass is 35.5. The maximum atomic E-state index is 10.9. The number of carboxylic acid groups (broad SMARTS) is 1. The van der Waals surface area contributed by atoms with E-state index in [1.54, 1.807) is 23.9 Å². The van der Waals surface area contributed by atoms with Crippen LogP contribution in [0.3, 0.4) is 0 Å². The zero-order valence-electron chi connectivity index (χ0n) is 10.9. The first kappa shape index (κ1) is 17.1. The Morgan fingerprint density at radius 2 is 2.05 bits per heavy atom. The number of hydrogen-bond donors (Lipinski definition) is 2. The molecule has 0 aliphatic heterocycles. The van der Waals surface area contributed by atoms with E-state index in [1.807, 2.05) is 6.07 Å². The van der Waals surface area contributed by atoms with Gasteiger partial charge in [0.05, 0.1) is 10.0 Å². The summed E-state index contributed by atoms with van der Waals surface area (Å²) in [6, 6.07) is 4.56. The molecule has 1 rings (SSSR count). The van der Waals surface area contributed by atoms with E-state index < -0.39 is 12.0 Å². The number of carbonyl (C=O) groups is 2. The van der Waals surface area contributed by atoms with Gasteiger partial charge in [0.1, 0.15) is 6.04 Å². The Morgan fingerprint density at radius 3 is 2.60 bits per heavy atom.